The summed E-state index contributed by atoms with van der Waals surface area (Å²) in [7, 11) is 1.87. The summed E-state index contributed by atoms with van der Waals surface area (Å²) < 4.78 is 0. The van der Waals surface area contributed by atoms with Crippen LogP contribution in [0.2, 0.25) is 0 Å². The molecule has 0 saturated carbocycles. The van der Waals surface area contributed by atoms with Crippen LogP contribution in [0.4, 0.5) is 0 Å². The molecule has 3 rings (SSSR count). The average Bonchev–Trinajstić information content (AvgIpc) is 2.79. The first kappa shape index (κ1) is 13.8. The van der Waals surface area contributed by atoms with Crippen molar-refractivity contribution in [2.45, 2.75) is 26.1 Å². The lowest BCUT2D eigenvalue weighted by molar-refractivity contribution is -0.128. The van der Waals surface area contributed by atoms with Gasteiger partial charge in [-0.05, 0) is 30.5 Å². The van der Waals surface area contributed by atoms with E-state index in [1.807, 2.05) is 37.4 Å². The predicted molar refractivity (Wildman–Crippen MR) is 83.7 cm³/mol. The van der Waals surface area contributed by atoms with Crippen molar-refractivity contribution in [3.8, 4) is 0 Å². The zero-order valence-electron chi connectivity index (χ0n) is 12.6. The van der Waals surface area contributed by atoms with Gasteiger partial charge < -0.3 is 4.90 Å². The summed E-state index contributed by atoms with van der Waals surface area (Å²) in [6.07, 6.45) is -0.0670. The molecule has 0 spiro atoms. The molecule has 0 aliphatic carbocycles. The van der Waals surface area contributed by atoms with Crippen molar-refractivity contribution in [2.75, 3.05) is 7.05 Å². The van der Waals surface area contributed by atoms with Gasteiger partial charge in [0.05, 0.1) is 0 Å². The van der Waals surface area contributed by atoms with Gasteiger partial charge in [-0.1, -0.05) is 54.1 Å². The Bertz CT molecular complexity index is 666. The number of nitrogens with one attached hydrogen (secondary N) is 1. The second kappa shape index (κ2) is 5.34. The lowest BCUT2D eigenvalue weighted by Gasteiger charge is -2.22. The van der Waals surface area contributed by atoms with Crippen LogP contribution in [-0.4, -0.2) is 17.9 Å². The molecule has 1 aliphatic rings. The molecule has 1 amide bonds. The highest BCUT2D eigenvalue weighted by molar-refractivity contribution is 5.85. The van der Waals surface area contributed by atoms with Gasteiger partial charge in [-0.15, -0.1) is 0 Å². The Morgan fingerprint density at radius 1 is 1.05 bits per heavy atom. The van der Waals surface area contributed by atoms with E-state index in [1.165, 1.54) is 16.7 Å². The molecule has 1 saturated heterocycles. The molecule has 2 unspecified atom stereocenters. The number of benzene rings is 2. The summed E-state index contributed by atoms with van der Waals surface area (Å²) in [5.41, 5.74) is 4.60. The Kier molecular flexibility index (Phi) is 3.52. The minimum Gasteiger partial charge on any atom is -0.324 e. The zero-order valence-corrected chi connectivity index (χ0v) is 12.6. The van der Waals surface area contributed by atoms with E-state index in [0.717, 1.165) is 5.56 Å². The van der Waals surface area contributed by atoms with E-state index in [1.54, 1.807) is 4.90 Å². The molecule has 0 bridgehead atoms. The molecule has 0 aromatic heterocycles. The van der Waals surface area contributed by atoms with Gasteiger partial charge in [0.25, 0.3) is 0 Å². The molecule has 2 atom stereocenters. The normalized spacial score (nSPS) is 21.9. The van der Waals surface area contributed by atoms with Gasteiger partial charge in [-0.2, -0.15) is 0 Å². The van der Waals surface area contributed by atoms with Gasteiger partial charge in [0.15, 0.2) is 0 Å². The van der Waals surface area contributed by atoms with Crippen molar-refractivity contribution < 1.29 is 4.79 Å². The van der Waals surface area contributed by atoms with Crippen molar-refractivity contribution in [1.82, 2.24) is 10.2 Å². The Hall–Kier alpha value is -2.13. The third-order valence-electron chi connectivity index (χ3n) is 4.17. The Labute approximate surface area is 125 Å². The standard InChI is InChI=1S/C18H20N2O/c1-12-9-10-13(2)15(11-12)17-19-16(18(21)20(17)3)14-7-5-4-6-8-14/h4-11,16-17,19H,1-3H3. The number of amides is 1. The van der Waals surface area contributed by atoms with E-state index in [-0.39, 0.29) is 18.1 Å². The topological polar surface area (TPSA) is 32.3 Å². The van der Waals surface area contributed by atoms with E-state index < -0.39 is 0 Å². The van der Waals surface area contributed by atoms with Crippen molar-refractivity contribution in [1.29, 1.82) is 0 Å². The van der Waals surface area contributed by atoms with Gasteiger partial charge in [-0.25, -0.2) is 0 Å². The molecule has 1 N–H and O–H groups in total. The van der Waals surface area contributed by atoms with E-state index in [9.17, 15) is 4.79 Å². The number of nitrogens with zero attached hydrogens (tertiary/aromatic N) is 1. The summed E-state index contributed by atoms with van der Waals surface area (Å²) in [6, 6.07) is 16.0. The fourth-order valence-electron chi connectivity index (χ4n) is 2.91. The Balaban J connectivity index is 1.96. The Morgan fingerprint density at radius 2 is 1.76 bits per heavy atom. The third-order valence-corrected chi connectivity index (χ3v) is 4.17. The third kappa shape index (κ3) is 2.45. The monoisotopic (exact) mass is 280 g/mol. The summed E-state index contributed by atoms with van der Waals surface area (Å²) in [5, 5.41) is 3.47. The van der Waals surface area contributed by atoms with Crippen molar-refractivity contribution in [3.05, 3.63) is 70.8 Å². The first-order valence-electron chi connectivity index (χ1n) is 7.23. The van der Waals surface area contributed by atoms with E-state index in [2.05, 4.69) is 37.4 Å². The molecular weight excluding hydrogens is 260 g/mol. The zero-order chi connectivity index (χ0) is 15.0. The fourth-order valence-corrected chi connectivity index (χ4v) is 2.91. The largest absolute Gasteiger partial charge is 0.324 e. The molecular formula is C18H20N2O. The van der Waals surface area contributed by atoms with Crippen LogP contribution in [0.3, 0.4) is 0 Å². The van der Waals surface area contributed by atoms with Crippen LogP contribution in [0.1, 0.15) is 34.5 Å². The SMILES string of the molecule is Cc1ccc(C)c(C2NC(c3ccccc3)C(=O)N2C)c1. The van der Waals surface area contributed by atoms with Crippen LogP contribution in [-0.2, 0) is 4.79 Å². The second-order valence-electron chi connectivity index (χ2n) is 5.72. The molecule has 2 aromatic rings. The van der Waals surface area contributed by atoms with Crippen LogP contribution in [0.25, 0.3) is 0 Å². The summed E-state index contributed by atoms with van der Waals surface area (Å²) in [5.74, 6) is 0.118. The van der Waals surface area contributed by atoms with E-state index in [0.29, 0.717) is 0 Å². The molecule has 0 radical (unpaired) electrons. The molecule has 1 fully saturated rings. The van der Waals surface area contributed by atoms with Gasteiger partial charge in [0.1, 0.15) is 12.2 Å². The fraction of sp³-hybridized carbons (Fsp3) is 0.278. The van der Waals surface area contributed by atoms with Crippen LogP contribution in [0.15, 0.2) is 48.5 Å². The minimum atomic E-state index is -0.263. The van der Waals surface area contributed by atoms with Crippen LogP contribution in [0.5, 0.6) is 0 Å². The lowest BCUT2D eigenvalue weighted by atomic mass is 10.0. The second-order valence-corrected chi connectivity index (χ2v) is 5.72. The van der Waals surface area contributed by atoms with E-state index >= 15 is 0 Å². The maximum atomic E-state index is 12.5. The number of carbonyl (C=O) groups is 1. The first-order valence-corrected chi connectivity index (χ1v) is 7.23. The van der Waals surface area contributed by atoms with Crippen molar-refractivity contribution >= 4 is 5.91 Å². The predicted octanol–water partition coefficient (Wildman–Crippen LogP) is 3.10. The average molecular weight is 280 g/mol. The number of carbonyl (C=O) groups excluding carboxylic acids is 1. The summed E-state index contributed by atoms with van der Waals surface area (Å²) in [6.45, 7) is 4.17. The molecule has 2 aromatic carbocycles. The maximum Gasteiger partial charge on any atom is 0.245 e. The molecule has 108 valence electrons. The van der Waals surface area contributed by atoms with Crippen LogP contribution in [0, 0.1) is 13.8 Å². The number of hydrogen-bond donors (Lipinski definition) is 1. The Morgan fingerprint density at radius 3 is 2.48 bits per heavy atom. The van der Waals surface area contributed by atoms with Crippen LogP contribution >= 0.6 is 0 Å². The quantitative estimate of drug-likeness (QED) is 0.916. The van der Waals surface area contributed by atoms with Gasteiger partial charge in [0.2, 0.25) is 5.91 Å². The highest BCUT2D eigenvalue weighted by Crippen LogP contribution is 2.32. The number of aryl methyl sites for hydroxylation is 2. The van der Waals surface area contributed by atoms with E-state index in [4.69, 9.17) is 0 Å². The maximum absolute atomic E-state index is 12.5. The summed E-state index contributed by atoms with van der Waals surface area (Å²) in [4.78, 5) is 14.4. The lowest BCUT2D eigenvalue weighted by Crippen LogP contribution is -2.26. The summed E-state index contributed by atoms with van der Waals surface area (Å²) >= 11 is 0. The number of likely N-dealkylation sites (N-methyl/N-ethyl adjacent to an activating group) is 1. The minimum absolute atomic E-state index is 0.0670. The highest BCUT2D eigenvalue weighted by Gasteiger charge is 2.38. The molecule has 1 heterocycles. The first-order chi connectivity index (χ1) is 10.1. The van der Waals surface area contributed by atoms with Crippen LogP contribution < -0.4 is 5.32 Å². The molecule has 3 heteroatoms. The number of hydrogen-bond acceptors (Lipinski definition) is 2. The number of rotatable bonds is 2. The molecule has 21 heavy (non-hydrogen) atoms. The van der Waals surface area contributed by atoms with Crippen molar-refractivity contribution in [2.24, 2.45) is 0 Å². The molecule has 3 nitrogen and oxygen atoms in total. The van der Waals surface area contributed by atoms with Crippen molar-refractivity contribution in [3.63, 3.8) is 0 Å². The highest BCUT2D eigenvalue weighted by atomic mass is 16.2. The smallest absolute Gasteiger partial charge is 0.245 e. The van der Waals surface area contributed by atoms with Gasteiger partial charge >= 0.3 is 0 Å². The molecule has 1 aliphatic heterocycles. The van der Waals surface area contributed by atoms with Gasteiger partial charge in [-0.3, -0.25) is 10.1 Å². The van der Waals surface area contributed by atoms with Gasteiger partial charge in [0, 0.05) is 7.05 Å².